The molecule has 1 fully saturated rings. The van der Waals surface area contributed by atoms with Crippen molar-refractivity contribution in [1.29, 1.82) is 0 Å². The maximum atomic E-state index is 12.3. The molecule has 1 amide bonds. The first-order chi connectivity index (χ1) is 9.20. The summed E-state index contributed by atoms with van der Waals surface area (Å²) in [5.41, 5.74) is 0.770. The predicted molar refractivity (Wildman–Crippen MR) is 79.3 cm³/mol. The fourth-order valence-electron chi connectivity index (χ4n) is 2.36. The number of nitrogens with zero attached hydrogens (tertiary/aromatic N) is 1. The first-order valence-electron chi connectivity index (χ1n) is 6.83. The molecule has 0 bridgehead atoms. The molecule has 104 valence electrons. The summed E-state index contributed by atoms with van der Waals surface area (Å²) in [4.78, 5) is 14.3. The van der Waals surface area contributed by atoms with Gasteiger partial charge in [-0.25, -0.2) is 0 Å². The topological polar surface area (TPSA) is 29.5 Å². The van der Waals surface area contributed by atoms with E-state index in [4.69, 9.17) is 4.74 Å². The minimum Gasteiger partial charge on any atom is -0.381 e. The number of hydrogen-bond acceptors (Lipinski definition) is 2. The lowest BCUT2D eigenvalue weighted by Gasteiger charge is -2.31. The predicted octanol–water partition coefficient (Wildman–Crippen LogP) is 3.34. The van der Waals surface area contributed by atoms with Crippen LogP contribution < -0.4 is 0 Å². The van der Waals surface area contributed by atoms with E-state index in [1.165, 1.54) is 0 Å². The number of piperidine rings is 1. The molecule has 0 saturated carbocycles. The zero-order chi connectivity index (χ0) is 13.7. The normalized spacial score (nSPS) is 16.6. The first-order valence-corrected chi connectivity index (χ1v) is 7.62. The van der Waals surface area contributed by atoms with Gasteiger partial charge < -0.3 is 9.64 Å². The number of amides is 1. The molecule has 0 aliphatic carbocycles. The van der Waals surface area contributed by atoms with Crippen molar-refractivity contribution in [3.05, 3.63) is 34.3 Å². The Hall–Kier alpha value is -0.870. The second-order valence-corrected chi connectivity index (χ2v) is 5.82. The van der Waals surface area contributed by atoms with Crippen molar-refractivity contribution >= 4 is 21.8 Å². The van der Waals surface area contributed by atoms with Crippen LogP contribution in [-0.4, -0.2) is 37.1 Å². The smallest absolute Gasteiger partial charge is 0.253 e. The number of carbonyl (C=O) groups is 1. The highest BCUT2D eigenvalue weighted by Gasteiger charge is 2.23. The van der Waals surface area contributed by atoms with Gasteiger partial charge in [-0.15, -0.1) is 0 Å². The third kappa shape index (κ3) is 4.05. The van der Waals surface area contributed by atoms with Crippen LogP contribution in [0.2, 0.25) is 0 Å². The zero-order valence-electron chi connectivity index (χ0n) is 11.3. The Morgan fingerprint density at radius 1 is 1.32 bits per heavy atom. The van der Waals surface area contributed by atoms with Gasteiger partial charge in [-0.05, 0) is 49.9 Å². The molecule has 1 saturated heterocycles. The lowest BCUT2D eigenvalue weighted by molar-refractivity contribution is 0.0551. The SMILES string of the molecule is CCOCC1CCN(C(=O)c2ccc(Br)cc2)CC1. The Bertz CT molecular complexity index is 411. The van der Waals surface area contributed by atoms with Crippen molar-refractivity contribution in [3.8, 4) is 0 Å². The summed E-state index contributed by atoms with van der Waals surface area (Å²) in [6.07, 6.45) is 2.09. The van der Waals surface area contributed by atoms with Gasteiger partial charge in [0.25, 0.3) is 5.91 Å². The maximum absolute atomic E-state index is 12.3. The highest BCUT2D eigenvalue weighted by atomic mass is 79.9. The van der Waals surface area contributed by atoms with Crippen LogP contribution in [0, 0.1) is 5.92 Å². The zero-order valence-corrected chi connectivity index (χ0v) is 12.9. The summed E-state index contributed by atoms with van der Waals surface area (Å²) in [5.74, 6) is 0.747. The fourth-order valence-corrected chi connectivity index (χ4v) is 2.63. The van der Waals surface area contributed by atoms with E-state index in [1.54, 1.807) is 0 Å². The van der Waals surface area contributed by atoms with E-state index in [1.807, 2.05) is 36.1 Å². The lowest BCUT2D eigenvalue weighted by atomic mass is 9.97. The summed E-state index contributed by atoms with van der Waals surface area (Å²) in [7, 11) is 0. The largest absolute Gasteiger partial charge is 0.381 e. The molecule has 0 atom stereocenters. The van der Waals surface area contributed by atoms with E-state index in [0.717, 1.165) is 49.2 Å². The van der Waals surface area contributed by atoms with Crippen molar-refractivity contribution in [1.82, 2.24) is 4.90 Å². The molecule has 1 aliphatic rings. The molecule has 1 heterocycles. The molecule has 0 radical (unpaired) electrons. The number of hydrogen-bond donors (Lipinski definition) is 0. The van der Waals surface area contributed by atoms with E-state index in [9.17, 15) is 4.79 Å². The minimum absolute atomic E-state index is 0.141. The van der Waals surface area contributed by atoms with Gasteiger partial charge in [0.15, 0.2) is 0 Å². The van der Waals surface area contributed by atoms with Crippen LogP contribution >= 0.6 is 15.9 Å². The summed E-state index contributed by atoms with van der Waals surface area (Å²) in [6, 6.07) is 7.57. The van der Waals surface area contributed by atoms with E-state index in [-0.39, 0.29) is 5.91 Å². The second-order valence-electron chi connectivity index (χ2n) is 4.90. The molecule has 19 heavy (non-hydrogen) atoms. The Kier molecular flexibility index (Phi) is 5.40. The quantitative estimate of drug-likeness (QED) is 0.849. The van der Waals surface area contributed by atoms with Crippen molar-refractivity contribution in [2.24, 2.45) is 5.92 Å². The van der Waals surface area contributed by atoms with Crippen molar-refractivity contribution < 1.29 is 9.53 Å². The molecule has 0 spiro atoms. The molecule has 4 heteroatoms. The van der Waals surface area contributed by atoms with Crippen LogP contribution in [0.1, 0.15) is 30.1 Å². The monoisotopic (exact) mass is 325 g/mol. The fraction of sp³-hybridized carbons (Fsp3) is 0.533. The van der Waals surface area contributed by atoms with Crippen LogP contribution in [0.15, 0.2) is 28.7 Å². The van der Waals surface area contributed by atoms with Crippen molar-refractivity contribution in [2.75, 3.05) is 26.3 Å². The average Bonchev–Trinajstić information content (AvgIpc) is 2.46. The van der Waals surface area contributed by atoms with Crippen LogP contribution in [0.5, 0.6) is 0 Å². The van der Waals surface area contributed by atoms with Crippen LogP contribution in [0.4, 0.5) is 0 Å². The van der Waals surface area contributed by atoms with Crippen molar-refractivity contribution in [3.63, 3.8) is 0 Å². The Morgan fingerprint density at radius 2 is 1.95 bits per heavy atom. The lowest BCUT2D eigenvalue weighted by Crippen LogP contribution is -2.39. The number of halogens is 1. The Labute approximate surface area is 123 Å². The van der Waals surface area contributed by atoms with Gasteiger partial charge >= 0.3 is 0 Å². The Balaban J connectivity index is 1.87. The summed E-state index contributed by atoms with van der Waals surface area (Å²) >= 11 is 3.38. The van der Waals surface area contributed by atoms with Crippen molar-refractivity contribution in [2.45, 2.75) is 19.8 Å². The van der Waals surface area contributed by atoms with Gasteiger partial charge in [-0.2, -0.15) is 0 Å². The molecule has 1 aromatic carbocycles. The highest BCUT2D eigenvalue weighted by Crippen LogP contribution is 2.20. The maximum Gasteiger partial charge on any atom is 0.253 e. The van der Waals surface area contributed by atoms with E-state index >= 15 is 0 Å². The molecular weight excluding hydrogens is 306 g/mol. The second kappa shape index (κ2) is 7.06. The first kappa shape index (κ1) is 14.5. The van der Waals surface area contributed by atoms with Gasteiger partial charge in [-0.3, -0.25) is 4.79 Å². The summed E-state index contributed by atoms with van der Waals surface area (Å²) in [6.45, 7) is 5.31. The van der Waals surface area contributed by atoms with E-state index < -0.39 is 0 Å². The molecule has 1 aliphatic heterocycles. The number of carbonyl (C=O) groups excluding carboxylic acids is 1. The molecular formula is C15H20BrNO2. The molecule has 0 N–H and O–H groups in total. The number of benzene rings is 1. The third-order valence-electron chi connectivity index (χ3n) is 3.55. The van der Waals surface area contributed by atoms with Gasteiger partial charge in [0.1, 0.15) is 0 Å². The van der Waals surface area contributed by atoms with Crippen LogP contribution in [0.3, 0.4) is 0 Å². The van der Waals surface area contributed by atoms with Gasteiger partial charge in [-0.1, -0.05) is 15.9 Å². The molecule has 1 aromatic rings. The van der Waals surface area contributed by atoms with Gasteiger partial charge in [0.05, 0.1) is 0 Å². The van der Waals surface area contributed by atoms with Gasteiger partial charge in [0.2, 0.25) is 0 Å². The van der Waals surface area contributed by atoms with Crippen LogP contribution in [-0.2, 0) is 4.74 Å². The number of likely N-dealkylation sites (tertiary alicyclic amines) is 1. The third-order valence-corrected chi connectivity index (χ3v) is 4.08. The van der Waals surface area contributed by atoms with Gasteiger partial charge in [0, 0.05) is 36.3 Å². The van der Waals surface area contributed by atoms with E-state index in [2.05, 4.69) is 15.9 Å². The minimum atomic E-state index is 0.141. The summed E-state index contributed by atoms with van der Waals surface area (Å²) in [5, 5.41) is 0. The van der Waals surface area contributed by atoms with E-state index in [0.29, 0.717) is 5.92 Å². The van der Waals surface area contributed by atoms with Crippen LogP contribution in [0.25, 0.3) is 0 Å². The average molecular weight is 326 g/mol. The molecule has 0 unspecified atom stereocenters. The standard InChI is InChI=1S/C15H20BrNO2/c1-2-19-11-12-7-9-17(10-8-12)15(18)13-3-5-14(16)6-4-13/h3-6,12H,2,7-11H2,1H3. The Morgan fingerprint density at radius 3 is 2.53 bits per heavy atom. The molecule has 2 rings (SSSR count). The summed E-state index contributed by atoms with van der Waals surface area (Å²) < 4.78 is 6.46. The number of ether oxygens (including phenoxy) is 1. The molecule has 0 aromatic heterocycles. The number of rotatable bonds is 4. The molecule has 3 nitrogen and oxygen atoms in total. The highest BCUT2D eigenvalue weighted by molar-refractivity contribution is 9.10.